The summed E-state index contributed by atoms with van der Waals surface area (Å²) in [6.07, 6.45) is 7.94. The van der Waals surface area contributed by atoms with Crippen LogP contribution in [0.5, 0.6) is 0 Å². The third kappa shape index (κ3) is 6.86. The number of aliphatic imine (C=N–C) groups is 1. The maximum Gasteiger partial charge on any atom is 0.334 e. The molecule has 0 aliphatic heterocycles. The van der Waals surface area contributed by atoms with Gasteiger partial charge in [0.25, 0.3) is 0 Å². The molecule has 1 rings (SSSR count). The van der Waals surface area contributed by atoms with Crippen molar-refractivity contribution < 1.29 is 19.8 Å². The van der Waals surface area contributed by atoms with Crippen LogP contribution in [0.1, 0.15) is 52.4 Å². The molecule has 0 heterocycles. The third-order valence-electron chi connectivity index (χ3n) is 2.90. The van der Waals surface area contributed by atoms with Gasteiger partial charge in [0.15, 0.2) is 0 Å². The van der Waals surface area contributed by atoms with E-state index in [0.29, 0.717) is 12.5 Å². The second-order valence-corrected chi connectivity index (χ2v) is 4.24. The molecule has 18 heavy (non-hydrogen) atoms. The first-order valence-corrected chi connectivity index (χ1v) is 6.21. The summed E-state index contributed by atoms with van der Waals surface area (Å²) in [5.74, 6) is -1.11. The van der Waals surface area contributed by atoms with Crippen molar-refractivity contribution in [2.24, 2.45) is 4.99 Å². The van der Waals surface area contributed by atoms with E-state index in [1.165, 1.54) is 26.2 Å². The fraction of sp³-hybridized carbons (Fsp3) is 0.692. The number of aliphatic hydroxyl groups excluding tert-OH is 1. The summed E-state index contributed by atoms with van der Waals surface area (Å²) in [5.41, 5.74) is 0.0255. The van der Waals surface area contributed by atoms with Gasteiger partial charge in [-0.3, -0.25) is 0 Å². The van der Waals surface area contributed by atoms with Crippen LogP contribution in [0.2, 0.25) is 0 Å². The van der Waals surface area contributed by atoms with Crippen molar-refractivity contribution in [3.8, 4) is 0 Å². The average Bonchev–Trinajstić information content (AvgIpc) is 2.39. The zero-order valence-corrected chi connectivity index (χ0v) is 11.0. The average molecular weight is 255 g/mol. The minimum Gasteiger partial charge on any atom is -0.512 e. The van der Waals surface area contributed by atoms with Crippen molar-refractivity contribution >= 4 is 12.0 Å². The summed E-state index contributed by atoms with van der Waals surface area (Å²) in [6.45, 7) is 3.07. The summed E-state index contributed by atoms with van der Waals surface area (Å²) >= 11 is 0. The molecular weight excluding hydrogens is 234 g/mol. The van der Waals surface area contributed by atoms with Crippen LogP contribution in [0.3, 0.4) is 0 Å². The zero-order valence-electron chi connectivity index (χ0n) is 11.0. The fourth-order valence-electron chi connectivity index (χ4n) is 1.67. The van der Waals surface area contributed by atoms with Gasteiger partial charge in [-0.25, -0.2) is 14.6 Å². The van der Waals surface area contributed by atoms with Gasteiger partial charge in [-0.15, -0.1) is 0 Å². The predicted molar refractivity (Wildman–Crippen MR) is 68.3 cm³/mol. The van der Waals surface area contributed by atoms with Gasteiger partial charge < -0.3 is 10.2 Å². The van der Waals surface area contributed by atoms with E-state index in [4.69, 9.17) is 10.2 Å². The Hall–Kier alpha value is -1.61. The van der Waals surface area contributed by atoms with E-state index in [-0.39, 0.29) is 11.3 Å². The SMILES string of the molecule is CC/C(O)=C(/C)C(=O)O.O=C=NC1CCCCC1. The lowest BCUT2D eigenvalue weighted by atomic mass is 9.96. The van der Waals surface area contributed by atoms with Crippen LogP contribution >= 0.6 is 0 Å². The predicted octanol–water partition coefficient (Wildman–Crippen LogP) is 2.97. The molecule has 0 saturated heterocycles. The van der Waals surface area contributed by atoms with Crippen LogP contribution < -0.4 is 0 Å². The molecule has 2 N–H and O–H groups in total. The Morgan fingerprint density at radius 2 is 1.83 bits per heavy atom. The van der Waals surface area contributed by atoms with Gasteiger partial charge >= 0.3 is 5.97 Å². The number of aliphatic hydroxyl groups is 1. The molecule has 0 unspecified atom stereocenters. The van der Waals surface area contributed by atoms with E-state index >= 15 is 0 Å². The molecule has 0 spiro atoms. The number of hydrogen-bond acceptors (Lipinski definition) is 4. The van der Waals surface area contributed by atoms with E-state index in [0.717, 1.165) is 12.8 Å². The standard InChI is InChI=1S/C7H11NO.C6H10O3/c9-6-8-7-4-2-1-3-5-7;1-3-5(7)4(2)6(8)9/h7H,1-5H2;7H,3H2,1-2H3,(H,8,9)/b;5-4+. The molecule has 0 aromatic rings. The Balaban J connectivity index is 0.000000321. The lowest BCUT2D eigenvalue weighted by molar-refractivity contribution is -0.132. The van der Waals surface area contributed by atoms with Crippen LogP contribution in [0.25, 0.3) is 0 Å². The van der Waals surface area contributed by atoms with Gasteiger partial charge in [0.1, 0.15) is 5.76 Å². The van der Waals surface area contributed by atoms with E-state index in [9.17, 15) is 9.59 Å². The molecular formula is C13H21NO4. The van der Waals surface area contributed by atoms with E-state index in [1.807, 2.05) is 0 Å². The number of aliphatic carboxylic acids is 1. The molecule has 1 saturated carbocycles. The van der Waals surface area contributed by atoms with Crippen LogP contribution in [0.4, 0.5) is 0 Å². The molecule has 5 nitrogen and oxygen atoms in total. The van der Waals surface area contributed by atoms with Gasteiger partial charge in [-0.05, 0) is 19.8 Å². The molecule has 102 valence electrons. The Morgan fingerprint density at radius 1 is 1.28 bits per heavy atom. The number of nitrogens with zero attached hydrogens (tertiary/aromatic N) is 1. The maximum absolute atomic E-state index is 10.1. The van der Waals surface area contributed by atoms with Crippen LogP contribution in [-0.4, -0.2) is 28.3 Å². The quantitative estimate of drug-likeness (QED) is 0.351. The highest BCUT2D eigenvalue weighted by Gasteiger charge is 2.10. The summed E-state index contributed by atoms with van der Waals surface area (Å²) in [7, 11) is 0. The highest BCUT2D eigenvalue weighted by atomic mass is 16.4. The first-order chi connectivity index (χ1) is 8.52. The number of rotatable bonds is 3. The molecule has 0 aromatic heterocycles. The van der Waals surface area contributed by atoms with Crippen molar-refractivity contribution in [2.75, 3.05) is 0 Å². The summed E-state index contributed by atoms with van der Waals surface area (Å²) in [6, 6.07) is 0.302. The van der Waals surface area contributed by atoms with Gasteiger partial charge in [-0.2, -0.15) is 0 Å². The van der Waals surface area contributed by atoms with Crippen molar-refractivity contribution in [3.05, 3.63) is 11.3 Å². The number of carboxylic acid groups (broad SMARTS) is 1. The molecule has 0 radical (unpaired) electrons. The first-order valence-electron chi connectivity index (χ1n) is 6.21. The van der Waals surface area contributed by atoms with Gasteiger partial charge in [0, 0.05) is 6.42 Å². The van der Waals surface area contributed by atoms with Gasteiger partial charge in [0.2, 0.25) is 6.08 Å². The number of carbonyl (C=O) groups is 1. The molecule has 0 bridgehead atoms. The fourth-order valence-corrected chi connectivity index (χ4v) is 1.67. The minimum absolute atomic E-state index is 0.0255. The molecule has 0 atom stereocenters. The highest BCUT2D eigenvalue weighted by Crippen LogP contribution is 2.19. The van der Waals surface area contributed by atoms with Crippen molar-refractivity contribution in [1.82, 2.24) is 0 Å². The van der Waals surface area contributed by atoms with E-state index < -0.39 is 5.97 Å². The van der Waals surface area contributed by atoms with Crippen LogP contribution in [-0.2, 0) is 9.59 Å². The Bertz CT molecular complexity index is 337. The number of carbonyl (C=O) groups excluding carboxylic acids is 1. The van der Waals surface area contributed by atoms with Crippen LogP contribution in [0.15, 0.2) is 16.3 Å². The number of allylic oxidation sites excluding steroid dienone is 1. The van der Waals surface area contributed by atoms with Crippen molar-refractivity contribution in [2.45, 2.75) is 58.4 Å². The smallest absolute Gasteiger partial charge is 0.334 e. The number of carboxylic acids is 1. The van der Waals surface area contributed by atoms with Crippen molar-refractivity contribution in [1.29, 1.82) is 0 Å². The van der Waals surface area contributed by atoms with Gasteiger partial charge in [0.05, 0.1) is 11.6 Å². The van der Waals surface area contributed by atoms with E-state index in [2.05, 4.69) is 4.99 Å². The summed E-state index contributed by atoms with van der Waals surface area (Å²) in [4.78, 5) is 23.5. The zero-order chi connectivity index (χ0) is 14.0. The number of isocyanates is 1. The van der Waals surface area contributed by atoms with Gasteiger partial charge in [-0.1, -0.05) is 26.2 Å². The normalized spacial score (nSPS) is 16.8. The molecule has 1 aliphatic carbocycles. The number of hydrogen-bond donors (Lipinski definition) is 2. The molecule has 1 aliphatic rings. The third-order valence-corrected chi connectivity index (χ3v) is 2.90. The summed E-state index contributed by atoms with van der Waals surface area (Å²) in [5, 5.41) is 17.1. The molecule has 5 heteroatoms. The molecule has 1 fully saturated rings. The highest BCUT2D eigenvalue weighted by molar-refractivity contribution is 5.86. The van der Waals surface area contributed by atoms with E-state index in [1.54, 1.807) is 13.0 Å². The Kier molecular flexibility index (Phi) is 8.58. The lowest BCUT2D eigenvalue weighted by Gasteiger charge is -2.14. The minimum atomic E-state index is -1.06. The lowest BCUT2D eigenvalue weighted by Crippen LogP contribution is -2.08. The first kappa shape index (κ1) is 16.4. The van der Waals surface area contributed by atoms with Crippen LogP contribution in [0, 0.1) is 0 Å². The Morgan fingerprint density at radius 3 is 2.17 bits per heavy atom. The maximum atomic E-state index is 10.1. The summed E-state index contributed by atoms with van der Waals surface area (Å²) < 4.78 is 0. The molecule has 0 aromatic carbocycles. The monoisotopic (exact) mass is 255 g/mol. The largest absolute Gasteiger partial charge is 0.512 e. The second kappa shape index (κ2) is 9.42. The second-order valence-electron chi connectivity index (χ2n) is 4.24. The van der Waals surface area contributed by atoms with Crippen molar-refractivity contribution in [3.63, 3.8) is 0 Å². The molecule has 0 amide bonds. The topological polar surface area (TPSA) is 87.0 Å². The Labute approximate surface area is 107 Å².